The van der Waals surface area contributed by atoms with Crippen LogP contribution in [0, 0.1) is 0 Å². The van der Waals surface area contributed by atoms with Crippen molar-refractivity contribution in [1.82, 2.24) is 0 Å². The minimum atomic E-state index is -0.412. The Morgan fingerprint density at radius 3 is 2.04 bits per heavy atom. The molecule has 0 aliphatic rings. The van der Waals surface area contributed by atoms with Crippen LogP contribution >= 0.6 is 0 Å². The Balaban J connectivity index is 1.70. The van der Waals surface area contributed by atoms with Crippen LogP contribution in [0.15, 0.2) is 48.5 Å². The van der Waals surface area contributed by atoms with Crippen molar-refractivity contribution in [3.8, 4) is 11.5 Å². The second kappa shape index (κ2) is 12.1. The van der Waals surface area contributed by atoms with Crippen LogP contribution in [0.25, 0.3) is 0 Å². The fourth-order valence-electron chi connectivity index (χ4n) is 2.77. The number of carbonyl (C=O) groups excluding carboxylic acids is 1. The number of rotatable bonds is 12. The van der Waals surface area contributed by atoms with Crippen molar-refractivity contribution < 1.29 is 19.4 Å². The first kappa shape index (κ1) is 21.0. The van der Waals surface area contributed by atoms with Gasteiger partial charge >= 0.3 is 5.97 Å². The van der Waals surface area contributed by atoms with E-state index in [-0.39, 0.29) is 6.61 Å². The zero-order valence-electron chi connectivity index (χ0n) is 16.2. The summed E-state index contributed by atoms with van der Waals surface area (Å²) in [5, 5.41) is 9.03. The lowest BCUT2D eigenvalue weighted by atomic mass is 10.1. The summed E-state index contributed by atoms with van der Waals surface area (Å²) in [6.07, 6.45) is 8.78. The summed E-state index contributed by atoms with van der Waals surface area (Å²) < 4.78 is 11.1. The van der Waals surface area contributed by atoms with Crippen molar-refractivity contribution >= 4 is 5.97 Å². The first-order valence-electron chi connectivity index (χ1n) is 9.87. The van der Waals surface area contributed by atoms with Gasteiger partial charge in [-0.2, -0.15) is 0 Å². The topological polar surface area (TPSA) is 55.8 Å². The van der Waals surface area contributed by atoms with Crippen LogP contribution in [0.5, 0.6) is 11.5 Å². The SMILES string of the molecule is CCCCCCCCCOc1ccc(C(=O)Oc2ccc(CO)cc2)cc1. The van der Waals surface area contributed by atoms with E-state index in [0.717, 1.165) is 17.7 Å². The Morgan fingerprint density at radius 1 is 0.815 bits per heavy atom. The van der Waals surface area contributed by atoms with Gasteiger partial charge in [-0.05, 0) is 48.4 Å². The highest BCUT2D eigenvalue weighted by Gasteiger charge is 2.09. The van der Waals surface area contributed by atoms with Crippen LogP contribution in [-0.2, 0) is 6.61 Å². The highest BCUT2D eigenvalue weighted by molar-refractivity contribution is 5.91. The Bertz CT molecular complexity index is 662. The van der Waals surface area contributed by atoms with E-state index < -0.39 is 5.97 Å². The van der Waals surface area contributed by atoms with Crippen molar-refractivity contribution in [3.63, 3.8) is 0 Å². The smallest absolute Gasteiger partial charge is 0.343 e. The zero-order chi connectivity index (χ0) is 19.3. The van der Waals surface area contributed by atoms with E-state index in [1.807, 2.05) is 0 Å². The van der Waals surface area contributed by atoms with Gasteiger partial charge in [0.2, 0.25) is 0 Å². The van der Waals surface area contributed by atoms with Gasteiger partial charge in [-0.1, -0.05) is 57.6 Å². The molecular formula is C23H30O4. The molecule has 0 radical (unpaired) electrons. The minimum Gasteiger partial charge on any atom is -0.494 e. The summed E-state index contributed by atoms with van der Waals surface area (Å²) in [5.41, 5.74) is 1.25. The number of esters is 1. The molecule has 0 atom stereocenters. The highest BCUT2D eigenvalue weighted by Crippen LogP contribution is 2.17. The van der Waals surface area contributed by atoms with Gasteiger partial charge in [0.1, 0.15) is 11.5 Å². The molecule has 0 amide bonds. The summed E-state index contributed by atoms with van der Waals surface area (Å²) in [5.74, 6) is 0.812. The lowest BCUT2D eigenvalue weighted by Crippen LogP contribution is -2.08. The average molecular weight is 370 g/mol. The van der Waals surface area contributed by atoms with Crippen LogP contribution < -0.4 is 9.47 Å². The van der Waals surface area contributed by atoms with Crippen molar-refractivity contribution in [1.29, 1.82) is 0 Å². The molecule has 0 aromatic heterocycles. The average Bonchev–Trinajstić information content (AvgIpc) is 2.71. The molecule has 4 nitrogen and oxygen atoms in total. The van der Waals surface area contributed by atoms with Crippen LogP contribution in [0.4, 0.5) is 0 Å². The van der Waals surface area contributed by atoms with Gasteiger partial charge in [0, 0.05) is 0 Å². The largest absolute Gasteiger partial charge is 0.494 e. The maximum absolute atomic E-state index is 12.2. The van der Waals surface area contributed by atoms with Crippen molar-refractivity contribution in [2.45, 2.75) is 58.5 Å². The fourth-order valence-corrected chi connectivity index (χ4v) is 2.77. The summed E-state index contributed by atoms with van der Waals surface area (Å²) in [7, 11) is 0. The summed E-state index contributed by atoms with van der Waals surface area (Å²) in [4.78, 5) is 12.2. The monoisotopic (exact) mass is 370 g/mol. The van der Waals surface area contributed by atoms with Crippen molar-refractivity contribution in [3.05, 3.63) is 59.7 Å². The fraction of sp³-hybridized carbons (Fsp3) is 0.435. The summed E-state index contributed by atoms with van der Waals surface area (Å²) in [6, 6.07) is 13.8. The zero-order valence-corrected chi connectivity index (χ0v) is 16.2. The molecule has 27 heavy (non-hydrogen) atoms. The van der Waals surface area contributed by atoms with E-state index in [1.165, 1.54) is 38.5 Å². The van der Waals surface area contributed by atoms with Crippen molar-refractivity contribution in [2.75, 3.05) is 6.61 Å². The third-order valence-corrected chi connectivity index (χ3v) is 4.42. The molecule has 0 fully saturated rings. The second-order valence-corrected chi connectivity index (χ2v) is 6.69. The number of aliphatic hydroxyl groups is 1. The lowest BCUT2D eigenvalue weighted by molar-refractivity contribution is 0.0734. The maximum atomic E-state index is 12.2. The van der Waals surface area contributed by atoms with Gasteiger partial charge in [0.05, 0.1) is 18.8 Å². The van der Waals surface area contributed by atoms with Crippen LogP contribution in [0.1, 0.15) is 67.8 Å². The number of carbonyl (C=O) groups is 1. The van der Waals surface area contributed by atoms with E-state index in [0.29, 0.717) is 17.9 Å². The molecule has 0 saturated heterocycles. The number of ether oxygens (including phenoxy) is 2. The van der Waals surface area contributed by atoms with Crippen LogP contribution in [-0.4, -0.2) is 17.7 Å². The third-order valence-electron chi connectivity index (χ3n) is 4.42. The normalized spacial score (nSPS) is 10.6. The van der Waals surface area contributed by atoms with Gasteiger partial charge in [-0.15, -0.1) is 0 Å². The maximum Gasteiger partial charge on any atom is 0.343 e. The van der Waals surface area contributed by atoms with Crippen LogP contribution in [0.3, 0.4) is 0 Å². The standard InChI is InChI=1S/C23H30O4/c1-2-3-4-5-6-7-8-17-26-21-15-11-20(12-16-21)23(25)27-22-13-9-19(18-24)10-14-22/h9-16,24H,2-8,17-18H2,1H3. The van der Waals surface area contributed by atoms with E-state index in [1.54, 1.807) is 48.5 Å². The van der Waals surface area contributed by atoms with Gasteiger partial charge in [-0.3, -0.25) is 0 Å². The highest BCUT2D eigenvalue weighted by atomic mass is 16.5. The van der Waals surface area contributed by atoms with Gasteiger partial charge < -0.3 is 14.6 Å². The number of hydrogen-bond acceptors (Lipinski definition) is 4. The van der Waals surface area contributed by atoms with Gasteiger partial charge in [0.15, 0.2) is 0 Å². The van der Waals surface area contributed by atoms with E-state index in [4.69, 9.17) is 14.6 Å². The molecule has 0 bridgehead atoms. The van der Waals surface area contributed by atoms with Gasteiger partial charge in [0.25, 0.3) is 0 Å². The Hall–Kier alpha value is -2.33. The Morgan fingerprint density at radius 2 is 1.41 bits per heavy atom. The lowest BCUT2D eigenvalue weighted by Gasteiger charge is -2.08. The Labute approximate surface area is 162 Å². The quantitative estimate of drug-likeness (QED) is 0.303. The minimum absolute atomic E-state index is 0.0332. The molecule has 2 rings (SSSR count). The Kier molecular flexibility index (Phi) is 9.42. The number of benzene rings is 2. The van der Waals surface area contributed by atoms with Crippen LogP contribution in [0.2, 0.25) is 0 Å². The molecule has 0 saturated carbocycles. The second-order valence-electron chi connectivity index (χ2n) is 6.69. The number of aliphatic hydroxyl groups excluding tert-OH is 1. The predicted molar refractivity (Wildman–Crippen MR) is 107 cm³/mol. The molecule has 4 heteroatoms. The molecule has 0 spiro atoms. The number of unbranched alkanes of at least 4 members (excludes halogenated alkanes) is 6. The molecule has 2 aromatic carbocycles. The predicted octanol–water partition coefficient (Wildman–Crippen LogP) is 5.53. The molecule has 1 N–H and O–H groups in total. The molecule has 146 valence electrons. The first-order chi connectivity index (χ1) is 13.2. The number of hydrogen-bond donors (Lipinski definition) is 1. The van der Waals surface area contributed by atoms with Gasteiger partial charge in [-0.25, -0.2) is 4.79 Å². The van der Waals surface area contributed by atoms with E-state index >= 15 is 0 Å². The third kappa shape index (κ3) is 7.83. The summed E-state index contributed by atoms with van der Waals surface area (Å²) in [6.45, 7) is 2.90. The molecule has 0 aliphatic carbocycles. The van der Waals surface area contributed by atoms with Crippen molar-refractivity contribution in [2.24, 2.45) is 0 Å². The first-order valence-corrected chi connectivity index (χ1v) is 9.87. The van der Waals surface area contributed by atoms with E-state index in [2.05, 4.69) is 6.92 Å². The molecule has 0 aliphatic heterocycles. The molecule has 0 heterocycles. The van der Waals surface area contributed by atoms with E-state index in [9.17, 15) is 4.79 Å². The molecular weight excluding hydrogens is 340 g/mol. The summed E-state index contributed by atoms with van der Waals surface area (Å²) >= 11 is 0. The molecule has 0 unspecified atom stereocenters. The molecule has 2 aromatic rings.